The van der Waals surface area contributed by atoms with Crippen LogP contribution in [0.15, 0.2) is 16.5 Å². The average molecular weight is 251 g/mol. The van der Waals surface area contributed by atoms with Gasteiger partial charge < -0.3 is 15.3 Å². The van der Waals surface area contributed by atoms with Gasteiger partial charge >= 0.3 is 5.88 Å². The van der Waals surface area contributed by atoms with Crippen LogP contribution in [0, 0.1) is 15.5 Å². The molecule has 0 aliphatic carbocycles. The van der Waals surface area contributed by atoms with Crippen molar-refractivity contribution in [3.05, 3.63) is 28.0 Å². The molecule has 0 aromatic carbocycles. The minimum absolute atomic E-state index is 0. The zero-order valence-corrected chi connectivity index (χ0v) is 9.86. The smallest absolute Gasteiger partial charge is 0.404 e. The minimum Gasteiger partial charge on any atom is -0.404 e. The lowest BCUT2D eigenvalue weighted by atomic mass is 9.84. The van der Waals surface area contributed by atoms with Crippen molar-refractivity contribution < 1.29 is 14.4 Å². The third-order valence-electron chi connectivity index (χ3n) is 2.35. The number of nitro groups is 1. The maximum atomic E-state index is 10.4. The topological polar surface area (TPSA) is 103 Å². The van der Waals surface area contributed by atoms with E-state index in [1.54, 1.807) is 13.8 Å². The molecule has 0 saturated heterocycles. The molecule has 1 atom stereocenters. The lowest BCUT2D eigenvalue weighted by molar-refractivity contribution is -0.402. The summed E-state index contributed by atoms with van der Waals surface area (Å²) in [5.74, 6) is -0.0325. The van der Waals surface area contributed by atoms with Crippen LogP contribution in [0.2, 0.25) is 0 Å². The molecule has 0 bridgehead atoms. The summed E-state index contributed by atoms with van der Waals surface area (Å²) in [7, 11) is 0. The van der Waals surface area contributed by atoms with Crippen molar-refractivity contribution in [3.63, 3.8) is 0 Å². The molecule has 0 fully saturated rings. The van der Waals surface area contributed by atoms with Crippen molar-refractivity contribution in [1.29, 1.82) is 0 Å². The van der Waals surface area contributed by atoms with Crippen molar-refractivity contribution in [1.82, 2.24) is 0 Å². The second-order valence-corrected chi connectivity index (χ2v) is 4.06. The van der Waals surface area contributed by atoms with Gasteiger partial charge in [-0.2, -0.15) is 0 Å². The molecule has 0 unspecified atom stereocenters. The number of nitrogens with zero attached hydrogens (tertiary/aromatic N) is 1. The minimum atomic E-state index is -0.623. The first kappa shape index (κ1) is 14.9. The Morgan fingerprint density at radius 1 is 1.62 bits per heavy atom. The molecule has 92 valence electrons. The lowest BCUT2D eigenvalue weighted by Gasteiger charge is -2.27. The Labute approximate surface area is 99.0 Å². The van der Waals surface area contributed by atoms with E-state index in [9.17, 15) is 10.1 Å². The van der Waals surface area contributed by atoms with Crippen molar-refractivity contribution >= 4 is 18.3 Å². The van der Waals surface area contributed by atoms with Crippen LogP contribution in [-0.4, -0.2) is 16.6 Å². The highest BCUT2D eigenvalue weighted by Crippen LogP contribution is 2.32. The van der Waals surface area contributed by atoms with E-state index in [2.05, 4.69) is 0 Å². The Balaban J connectivity index is 0.00000225. The number of nitrogens with two attached hydrogens (primary N) is 1. The maximum Gasteiger partial charge on any atom is 0.433 e. The molecule has 0 spiro atoms. The van der Waals surface area contributed by atoms with Gasteiger partial charge in [-0.3, -0.25) is 10.1 Å². The standard InChI is InChI=1S/C9H14N2O4.ClH/c1-9(2,5-12)8(10)6-3-4-7(15-6)11(13)14;/h3-4,8,12H,5,10H2,1-2H3;1H/t8-;/m1./s1. The second kappa shape index (κ2) is 5.29. The van der Waals surface area contributed by atoms with Gasteiger partial charge in [-0.25, -0.2) is 0 Å². The average Bonchev–Trinajstić information content (AvgIpc) is 2.65. The third kappa shape index (κ3) is 2.94. The van der Waals surface area contributed by atoms with Crippen molar-refractivity contribution in [2.45, 2.75) is 19.9 Å². The van der Waals surface area contributed by atoms with E-state index in [0.717, 1.165) is 0 Å². The molecule has 7 heteroatoms. The molecule has 3 N–H and O–H groups in total. The Kier molecular flexibility index (Phi) is 4.92. The number of furan rings is 1. The fraction of sp³-hybridized carbons (Fsp3) is 0.556. The van der Waals surface area contributed by atoms with Crippen LogP contribution < -0.4 is 5.73 Å². The Hall–Kier alpha value is -1.11. The summed E-state index contributed by atoms with van der Waals surface area (Å²) < 4.78 is 4.96. The van der Waals surface area contributed by atoms with Gasteiger partial charge in [-0.05, 0) is 6.07 Å². The van der Waals surface area contributed by atoms with Crippen LogP contribution in [0.5, 0.6) is 0 Å². The Bertz CT molecular complexity index is 364. The molecule has 0 aliphatic heterocycles. The van der Waals surface area contributed by atoms with E-state index in [4.69, 9.17) is 15.3 Å². The van der Waals surface area contributed by atoms with Crippen LogP contribution in [-0.2, 0) is 0 Å². The normalized spacial score (nSPS) is 13.0. The van der Waals surface area contributed by atoms with E-state index in [-0.39, 0.29) is 24.9 Å². The van der Waals surface area contributed by atoms with E-state index >= 15 is 0 Å². The van der Waals surface area contributed by atoms with Gasteiger partial charge in [0.1, 0.15) is 10.7 Å². The van der Waals surface area contributed by atoms with E-state index < -0.39 is 16.4 Å². The molecule has 0 radical (unpaired) electrons. The Morgan fingerprint density at radius 2 is 2.19 bits per heavy atom. The number of hydrogen-bond donors (Lipinski definition) is 2. The highest BCUT2D eigenvalue weighted by molar-refractivity contribution is 5.85. The van der Waals surface area contributed by atoms with Gasteiger partial charge in [0.2, 0.25) is 0 Å². The SMILES string of the molecule is CC(C)(CO)[C@H](N)c1ccc([N+](=O)[O-])o1.Cl. The van der Waals surface area contributed by atoms with Crippen molar-refractivity contribution in [2.24, 2.45) is 11.1 Å². The first-order valence-corrected chi connectivity index (χ1v) is 4.49. The predicted octanol–water partition coefficient (Wildman–Crippen LogP) is 1.63. The first-order chi connectivity index (χ1) is 6.88. The van der Waals surface area contributed by atoms with E-state index in [0.29, 0.717) is 5.76 Å². The highest BCUT2D eigenvalue weighted by Gasteiger charge is 2.30. The molecule has 16 heavy (non-hydrogen) atoms. The van der Waals surface area contributed by atoms with Gasteiger partial charge in [0.25, 0.3) is 0 Å². The van der Waals surface area contributed by atoms with Crippen molar-refractivity contribution in [2.75, 3.05) is 6.61 Å². The summed E-state index contributed by atoms with van der Waals surface area (Å²) in [4.78, 5) is 9.75. The second-order valence-electron chi connectivity index (χ2n) is 4.06. The molecular formula is C9H15ClN2O4. The molecule has 1 rings (SSSR count). The summed E-state index contributed by atoms with van der Waals surface area (Å²) in [5.41, 5.74) is 5.24. The molecule has 0 amide bonds. The first-order valence-electron chi connectivity index (χ1n) is 4.49. The Morgan fingerprint density at radius 3 is 2.56 bits per heavy atom. The zero-order valence-electron chi connectivity index (χ0n) is 9.04. The van der Waals surface area contributed by atoms with Crippen LogP contribution in [0.4, 0.5) is 5.88 Å². The number of rotatable bonds is 4. The van der Waals surface area contributed by atoms with Crippen LogP contribution in [0.3, 0.4) is 0 Å². The molecule has 1 heterocycles. The summed E-state index contributed by atoms with van der Waals surface area (Å²) in [5, 5.41) is 19.5. The molecule has 1 aromatic rings. The number of hydrogen-bond acceptors (Lipinski definition) is 5. The monoisotopic (exact) mass is 250 g/mol. The van der Waals surface area contributed by atoms with Gasteiger partial charge in [0.05, 0.1) is 18.7 Å². The number of halogens is 1. The molecule has 6 nitrogen and oxygen atoms in total. The quantitative estimate of drug-likeness (QED) is 0.624. The van der Waals surface area contributed by atoms with Gasteiger partial charge in [-0.15, -0.1) is 12.4 Å². The predicted molar refractivity (Wildman–Crippen MR) is 60.4 cm³/mol. The zero-order chi connectivity index (χ0) is 11.6. The van der Waals surface area contributed by atoms with Crippen LogP contribution >= 0.6 is 12.4 Å². The number of aliphatic hydroxyl groups is 1. The molecule has 0 saturated carbocycles. The molecule has 0 aliphatic rings. The molecular weight excluding hydrogens is 236 g/mol. The summed E-state index contributed by atoms with van der Waals surface area (Å²) in [6.45, 7) is 3.39. The largest absolute Gasteiger partial charge is 0.433 e. The fourth-order valence-corrected chi connectivity index (χ4v) is 1.09. The van der Waals surface area contributed by atoms with E-state index in [1.165, 1.54) is 12.1 Å². The van der Waals surface area contributed by atoms with Crippen LogP contribution in [0.1, 0.15) is 25.6 Å². The molecule has 1 aromatic heterocycles. The maximum absolute atomic E-state index is 10.4. The highest BCUT2D eigenvalue weighted by atomic mass is 35.5. The van der Waals surface area contributed by atoms with Crippen molar-refractivity contribution in [3.8, 4) is 0 Å². The summed E-state index contributed by atoms with van der Waals surface area (Å²) >= 11 is 0. The lowest BCUT2D eigenvalue weighted by Crippen LogP contribution is -2.32. The van der Waals surface area contributed by atoms with Gasteiger partial charge in [-0.1, -0.05) is 13.8 Å². The van der Waals surface area contributed by atoms with Gasteiger partial charge in [0.15, 0.2) is 0 Å². The number of aliphatic hydroxyl groups excluding tert-OH is 1. The third-order valence-corrected chi connectivity index (χ3v) is 2.35. The fourth-order valence-electron chi connectivity index (χ4n) is 1.09. The van der Waals surface area contributed by atoms with E-state index in [1.807, 2.05) is 0 Å². The summed E-state index contributed by atoms with van der Waals surface area (Å²) in [6.07, 6.45) is 0. The van der Waals surface area contributed by atoms with Gasteiger partial charge in [0, 0.05) is 5.41 Å². The van der Waals surface area contributed by atoms with Crippen LogP contribution in [0.25, 0.3) is 0 Å². The summed E-state index contributed by atoms with van der Waals surface area (Å²) in [6, 6.07) is 2.14.